The van der Waals surface area contributed by atoms with Crippen LogP contribution in [0.5, 0.6) is 0 Å². The predicted molar refractivity (Wildman–Crippen MR) is 52.2 cm³/mol. The number of rotatable bonds is 5. The van der Waals surface area contributed by atoms with Crippen LogP contribution in [0.2, 0.25) is 0 Å². The number of alkyl halides is 3. The molecule has 92 valence electrons. The van der Waals surface area contributed by atoms with Crippen LogP contribution >= 0.6 is 0 Å². The molecule has 3 nitrogen and oxygen atoms in total. The van der Waals surface area contributed by atoms with Crippen LogP contribution < -0.4 is 0 Å². The molecule has 0 aliphatic carbocycles. The number of halogens is 3. The third kappa shape index (κ3) is 3.96. The summed E-state index contributed by atoms with van der Waals surface area (Å²) in [6.07, 6.45) is -4.60. The van der Waals surface area contributed by atoms with Crippen molar-refractivity contribution in [1.29, 1.82) is 0 Å². The second-order valence-corrected chi connectivity index (χ2v) is 3.73. The maximum Gasteiger partial charge on any atom is 0.418 e. The smallest absolute Gasteiger partial charge is 0.380 e. The van der Waals surface area contributed by atoms with Gasteiger partial charge in [-0.2, -0.15) is 13.2 Å². The Hall–Kier alpha value is -0.330. The van der Waals surface area contributed by atoms with Gasteiger partial charge in [-0.3, -0.25) is 0 Å². The lowest BCUT2D eigenvalue weighted by atomic mass is 10.1. The molecule has 0 heterocycles. The number of hydrogen-bond acceptors (Lipinski definition) is 3. The van der Waals surface area contributed by atoms with E-state index in [1.165, 1.54) is 5.01 Å². The molecule has 0 rings (SSSR count). The zero-order chi connectivity index (χ0) is 12.3. The quantitative estimate of drug-likeness (QED) is 0.722. The first-order chi connectivity index (χ1) is 6.65. The third-order valence-corrected chi connectivity index (χ3v) is 2.41. The highest BCUT2D eigenvalue weighted by atomic mass is 19.4. The molecule has 1 atom stereocenters. The van der Waals surface area contributed by atoms with Crippen molar-refractivity contribution in [3.63, 3.8) is 0 Å². The Labute approximate surface area is 88.4 Å². The Morgan fingerprint density at radius 1 is 1.13 bits per heavy atom. The maximum absolute atomic E-state index is 12.4. The van der Waals surface area contributed by atoms with Gasteiger partial charge in [-0.05, 0) is 6.92 Å². The van der Waals surface area contributed by atoms with Crippen LogP contribution in [0.3, 0.4) is 0 Å². The molecule has 1 unspecified atom stereocenters. The monoisotopic (exact) mass is 228 g/mol. The van der Waals surface area contributed by atoms with Gasteiger partial charge in [0.1, 0.15) is 0 Å². The largest absolute Gasteiger partial charge is 0.418 e. The molecule has 0 bridgehead atoms. The van der Waals surface area contributed by atoms with Crippen LogP contribution in [0.25, 0.3) is 0 Å². The van der Waals surface area contributed by atoms with E-state index >= 15 is 0 Å². The van der Waals surface area contributed by atoms with Crippen molar-refractivity contribution >= 4 is 0 Å². The summed E-state index contributed by atoms with van der Waals surface area (Å²) >= 11 is 0. The molecule has 15 heavy (non-hydrogen) atoms. The van der Waals surface area contributed by atoms with Gasteiger partial charge >= 0.3 is 6.18 Å². The molecule has 0 aliphatic heterocycles. The number of likely N-dealkylation sites (N-methyl/N-ethyl adjacent to an activating group) is 1. The predicted octanol–water partition coefficient (Wildman–Crippen LogP) is 1.49. The molecule has 0 aromatic carbocycles. The Morgan fingerprint density at radius 3 is 1.87 bits per heavy atom. The number of hydrazine groups is 1. The lowest BCUT2D eigenvalue weighted by Crippen LogP contribution is -2.55. The van der Waals surface area contributed by atoms with Crippen molar-refractivity contribution in [2.75, 3.05) is 26.7 Å². The summed E-state index contributed by atoms with van der Waals surface area (Å²) in [5.74, 6) is 0. The van der Waals surface area contributed by atoms with Crippen molar-refractivity contribution in [2.24, 2.45) is 0 Å². The molecule has 0 amide bonds. The average Bonchev–Trinajstić information content (AvgIpc) is 2.11. The maximum atomic E-state index is 12.4. The number of nitrogens with zero attached hydrogens (tertiary/aromatic N) is 2. The molecule has 0 aromatic heterocycles. The van der Waals surface area contributed by atoms with Crippen LogP contribution in [0.15, 0.2) is 0 Å². The van der Waals surface area contributed by atoms with E-state index in [-0.39, 0.29) is 0 Å². The minimum Gasteiger partial charge on any atom is -0.380 e. The van der Waals surface area contributed by atoms with Crippen LogP contribution in [-0.4, -0.2) is 53.6 Å². The van der Waals surface area contributed by atoms with E-state index in [2.05, 4.69) is 0 Å². The molecule has 1 N–H and O–H groups in total. The van der Waals surface area contributed by atoms with Gasteiger partial charge in [-0.25, -0.2) is 10.0 Å². The van der Waals surface area contributed by atoms with Gasteiger partial charge in [0.2, 0.25) is 0 Å². The van der Waals surface area contributed by atoms with Crippen molar-refractivity contribution in [1.82, 2.24) is 10.0 Å². The normalized spacial score (nSPS) is 17.2. The summed E-state index contributed by atoms with van der Waals surface area (Å²) in [5.41, 5.74) is -2.67. The van der Waals surface area contributed by atoms with Crippen LogP contribution in [0, 0.1) is 0 Å². The molecular formula is C9H19F3N2O. The molecular weight excluding hydrogens is 209 g/mol. The summed E-state index contributed by atoms with van der Waals surface area (Å²) in [7, 11) is 1.69. The molecule has 0 aromatic rings. The van der Waals surface area contributed by atoms with E-state index in [0.29, 0.717) is 13.1 Å². The molecule has 0 fully saturated rings. The zero-order valence-electron chi connectivity index (χ0n) is 9.60. The van der Waals surface area contributed by atoms with Crippen molar-refractivity contribution < 1.29 is 18.3 Å². The van der Waals surface area contributed by atoms with Gasteiger partial charge in [-0.1, -0.05) is 13.8 Å². The Morgan fingerprint density at radius 2 is 1.60 bits per heavy atom. The van der Waals surface area contributed by atoms with E-state index in [4.69, 9.17) is 0 Å². The molecule has 0 saturated heterocycles. The molecule has 0 aliphatic rings. The fourth-order valence-electron chi connectivity index (χ4n) is 1.12. The summed E-state index contributed by atoms with van der Waals surface area (Å²) < 4.78 is 37.2. The average molecular weight is 228 g/mol. The number of aliphatic hydroxyl groups is 1. The van der Waals surface area contributed by atoms with E-state index < -0.39 is 18.3 Å². The Balaban J connectivity index is 4.54. The fourth-order valence-corrected chi connectivity index (χ4v) is 1.12. The second-order valence-electron chi connectivity index (χ2n) is 3.73. The first-order valence-corrected chi connectivity index (χ1v) is 4.90. The summed E-state index contributed by atoms with van der Waals surface area (Å²) in [4.78, 5) is 0. The zero-order valence-corrected chi connectivity index (χ0v) is 9.60. The van der Waals surface area contributed by atoms with Gasteiger partial charge in [0.25, 0.3) is 0 Å². The molecule has 0 spiro atoms. The third-order valence-electron chi connectivity index (χ3n) is 2.41. The minimum absolute atomic E-state index is 0.427. The van der Waals surface area contributed by atoms with Crippen molar-refractivity contribution in [3.05, 3.63) is 0 Å². The highest BCUT2D eigenvalue weighted by Gasteiger charge is 2.50. The topological polar surface area (TPSA) is 26.7 Å². The van der Waals surface area contributed by atoms with Crippen molar-refractivity contribution in [3.8, 4) is 0 Å². The lowest BCUT2D eigenvalue weighted by Gasteiger charge is -2.36. The van der Waals surface area contributed by atoms with E-state index in [1.54, 1.807) is 19.0 Å². The first-order valence-electron chi connectivity index (χ1n) is 4.90. The summed E-state index contributed by atoms with van der Waals surface area (Å²) in [5, 5.41) is 12.4. The van der Waals surface area contributed by atoms with Gasteiger partial charge in [-0.15, -0.1) is 0 Å². The van der Waals surface area contributed by atoms with Gasteiger partial charge < -0.3 is 5.11 Å². The minimum atomic E-state index is -4.60. The van der Waals surface area contributed by atoms with Crippen LogP contribution in [0.4, 0.5) is 13.2 Å². The van der Waals surface area contributed by atoms with Gasteiger partial charge in [0, 0.05) is 20.1 Å². The van der Waals surface area contributed by atoms with Gasteiger partial charge in [0.15, 0.2) is 5.60 Å². The highest BCUT2D eigenvalue weighted by Crippen LogP contribution is 2.30. The summed E-state index contributed by atoms with van der Waals surface area (Å²) in [6.45, 7) is 4.96. The standard InChI is InChI=1S/C9H19F3N2O/c1-5-13(4)14(6-2)7-8(3,15)9(10,11)12/h15H,5-7H2,1-4H3. The molecule has 6 heteroatoms. The van der Waals surface area contributed by atoms with Crippen LogP contribution in [-0.2, 0) is 0 Å². The number of hydrogen-bond donors (Lipinski definition) is 1. The fraction of sp³-hybridized carbons (Fsp3) is 1.00. The SMILES string of the molecule is CCN(C)N(CC)CC(C)(O)C(F)(F)F. The van der Waals surface area contributed by atoms with E-state index in [0.717, 1.165) is 6.92 Å². The Kier molecular flexibility index (Phi) is 5.02. The van der Waals surface area contributed by atoms with Gasteiger partial charge in [0.05, 0.1) is 6.54 Å². The molecule has 0 radical (unpaired) electrons. The van der Waals surface area contributed by atoms with E-state index in [1.807, 2.05) is 6.92 Å². The van der Waals surface area contributed by atoms with Crippen molar-refractivity contribution in [2.45, 2.75) is 32.5 Å². The first kappa shape index (κ1) is 14.7. The highest BCUT2D eigenvalue weighted by molar-refractivity contribution is 4.84. The molecule has 0 saturated carbocycles. The van der Waals surface area contributed by atoms with Crippen LogP contribution in [0.1, 0.15) is 20.8 Å². The summed E-state index contributed by atoms with van der Waals surface area (Å²) in [6, 6.07) is 0. The lowest BCUT2D eigenvalue weighted by molar-refractivity contribution is -0.265. The van der Waals surface area contributed by atoms with E-state index in [9.17, 15) is 18.3 Å². The Bertz CT molecular complexity index is 194. The second kappa shape index (κ2) is 5.14.